The summed E-state index contributed by atoms with van der Waals surface area (Å²) in [6.45, 7) is 5.37. The molecule has 16 heavy (non-hydrogen) atoms. The molecular formula is C13H16FNO. The van der Waals surface area contributed by atoms with Gasteiger partial charge in [0.2, 0.25) is 0 Å². The average molecular weight is 221 g/mol. The van der Waals surface area contributed by atoms with Gasteiger partial charge in [0.05, 0.1) is 5.56 Å². The van der Waals surface area contributed by atoms with E-state index in [0.29, 0.717) is 12.3 Å². The van der Waals surface area contributed by atoms with E-state index >= 15 is 0 Å². The van der Waals surface area contributed by atoms with Crippen LogP contribution >= 0.6 is 0 Å². The molecule has 0 spiro atoms. The second kappa shape index (κ2) is 4.34. The van der Waals surface area contributed by atoms with Gasteiger partial charge in [0.1, 0.15) is 5.82 Å². The van der Waals surface area contributed by atoms with Gasteiger partial charge in [0, 0.05) is 6.42 Å². The van der Waals surface area contributed by atoms with Gasteiger partial charge in [-0.2, -0.15) is 0 Å². The first-order valence-electron chi connectivity index (χ1n) is 5.58. The molecule has 0 aliphatic carbocycles. The van der Waals surface area contributed by atoms with E-state index < -0.39 is 0 Å². The molecule has 0 amide bonds. The van der Waals surface area contributed by atoms with Crippen LogP contribution in [0.5, 0.6) is 0 Å². The maximum Gasteiger partial charge on any atom is 0.166 e. The van der Waals surface area contributed by atoms with Gasteiger partial charge in [-0.05, 0) is 50.0 Å². The van der Waals surface area contributed by atoms with Gasteiger partial charge in [-0.3, -0.25) is 4.79 Å². The van der Waals surface area contributed by atoms with Crippen LogP contribution in [-0.2, 0) is 0 Å². The lowest BCUT2D eigenvalue weighted by molar-refractivity contribution is 0.0941. The van der Waals surface area contributed by atoms with E-state index in [1.807, 2.05) is 13.0 Å². The van der Waals surface area contributed by atoms with E-state index in [1.165, 1.54) is 6.07 Å². The lowest BCUT2D eigenvalue weighted by Gasteiger charge is -2.26. The average Bonchev–Trinajstić information content (AvgIpc) is 2.09. The number of carbonyl (C=O) groups excluding carboxylic acids is 1. The number of aryl methyl sites for hydroxylation is 2. The smallest absolute Gasteiger partial charge is 0.166 e. The summed E-state index contributed by atoms with van der Waals surface area (Å²) in [6.07, 6.45) is 0.452. The van der Waals surface area contributed by atoms with Crippen molar-refractivity contribution in [3.63, 3.8) is 0 Å². The van der Waals surface area contributed by atoms with Crippen LogP contribution in [0, 0.1) is 25.6 Å². The minimum atomic E-state index is -0.380. The lowest BCUT2D eigenvalue weighted by atomic mass is 9.91. The third kappa shape index (κ3) is 2.14. The fourth-order valence-corrected chi connectivity index (χ4v) is 2.13. The summed E-state index contributed by atoms with van der Waals surface area (Å²) >= 11 is 0. The molecule has 1 aliphatic rings. The number of carbonyl (C=O) groups is 1. The normalized spacial score (nSPS) is 15.9. The van der Waals surface area contributed by atoms with Gasteiger partial charge < -0.3 is 5.32 Å². The van der Waals surface area contributed by atoms with E-state index in [-0.39, 0.29) is 17.2 Å². The van der Waals surface area contributed by atoms with Crippen molar-refractivity contribution in [3.8, 4) is 0 Å². The molecule has 0 atom stereocenters. The predicted octanol–water partition coefficient (Wildman–Crippen LogP) is 2.23. The number of Topliss-reactive ketones (excluding diaryl/α,β-unsaturated/α-hetero) is 1. The van der Waals surface area contributed by atoms with E-state index in [0.717, 1.165) is 24.2 Å². The third-order valence-corrected chi connectivity index (χ3v) is 3.05. The Balaban J connectivity index is 2.21. The lowest BCUT2D eigenvalue weighted by Crippen LogP contribution is -2.43. The number of nitrogens with one attached hydrogen (secondary N) is 1. The van der Waals surface area contributed by atoms with Crippen LogP contribution in [0.15, 0.2) is 12.1 Å². The van der Waals surface area contributed by atoms with Crippen LogP contribution in [0.2, 0.25) is 0 Å². The first-order valence-corrected chi connectivity index (χ1v) is 5.58. The quantitative estimate of drug-likeness (QED) is 0.793. The molecule has 2 rings (SSSR count). The first kappa shape index (κ1) is 11.3. The zero-order valence-corrected chi connectivity index (χ0v) is 9.64. The van der Waals surface area contributed by atoms with Crippen molar-refractivity contribution in [2.45, 2.75) is 20.3 Å². The Morgan fingerprint density at radius 3 is 2.62 bits per heavy atom. The monoisotopic (exact) mass is 221 g/mol. The SMILES string of the molecule is Cc1cc(C)c(C(=O)CC2CNC2)c(F)c1. The van der Waals surface area contributed by atoms with Gasteiger partial charge in [0.15, 0.2) is 5.78 Å². The Labute approximate surface area is 94.9 Å². The summed E-state index contributed by atoms with van der Waals surface area (Å²) < 4.78 is 13.7. The van der Waals surface area contributed by atoms with Crippen LogP contribution in [-0.4, -0.2) is 18.9 Å². The Hall–Kier alpha value is -1.22. The molecule has 0 unspecified atom stereocenters. The minimum absolute atomic E-state index is 0.0681. The van der Waals surface area contributed by atoms with Gasteiger partial charge in [-0.15, -0.1) is 0 Å². The van der Waals surface area contributed by atoms with Gasteiger partial charge in [-0.25, -0.2) is 4.39 Å². The van der Waals surface area contributed by atoms with Crippen molar-refractivity contribution >= 4 is 5.78 Å². The van der Waals surface area contributed by atoms with E-state index in [2.05, 4.69) is 5.32 Å². The number of hydrogen-bond acceptors (Lipinski definition) is 2. The maximum atomic E-state index is 13.7. The highest BCUT2D eigenvalue weighted by Crippen LogP contribution is 2.20. The number of hydrogen-bond donors (Lipinski definition) is 1. The topological polar surface area (TPSA) is 29.1 Å². The molecule has 1 aliphatic heterocycles. The second-order valence-corrected chi connectivity index (χ2v) is 4.59. The Bertz CT molecular complexity index is 401. The molecule has 1 aromatic carbocycles. The maximum absolute atomic E-state index is 13.7. The van der Waals surface area contributed by atoms with Gasteiger partial charge >= 0.3 is 0 Å². The van der Waals surface area contributed by atoms with Gasteiger partial charge in [0.25, 0.3) is 0 Å². The molecular weight excluding hydrogens is 205 g/mol. The van der Waals surface area contributed by atoms with Crippen LogP contribution in [0.3, 0.4) is 0 Å². The fourth-order valence-electron chi connectivity index (χ4n) is 2.13. The van der Waals surface area contributed by atoms with Crippen molar-refractivity contribution in [2.24, 2.45) is 5.92 Å². The molecule has 0 radical (unpaired) electrons. The molecule has 0 bridgehead atoms. The fraction of sp³-hybridized carbons (Fsp3) is 0.462. The standard InChI is InChI=1S/C13H16FNO/c1-8-3-9(2)13(11(14)4-8)12(16)5-10-6-15-7-10/h3-4,10,15H,5-7H2,1-2H3. The Morgan fingerprint density at radius 2 is 2.12 bits per heavy atom. The van der Waals surface area contributed by atoms with Crippen LogP contribution in [0.1, 0.15) is 27.9 Å². The number of ketones is 1. The first-order chi connectivity index (χ1) is 7.58. The zero-order chi connectivity index (χ0) is 11.7. The van der Waals surface area contributed by atoms with Crippen molar-refractivity contribution in [3.05, 3.63) is 34.6 Å². The van der Waals surface area contributed by atoms with Crippen LogP contribution in [0.25, 0.3) is 0 Å². The highest BCUT2D eigenvalue weighted by molar-refractivity contribution is 5.98. The summed E-state index contributed by atoms with van der Waals surface area (Å²) in [5.74, 6) is -0.0658. The van der Waals surface area contributed by atoms with Crippen LogP contribution < -0.4 is 5.32 Å². The number of rotatable bonds is 3. The highest BCUT2D eigenvalue weighted by atomic mass is 19.1. The van der Waals surface area contributed by atoms with Crippen LogP contribution in [0.4, 0.5) is 4.39 Å². The van der Waals surface area contributed by atoms with Gasteiger partial charge in [-0.1, -0.05) is 6.07 Å². The Morgan fingerprint density at radius 1 is 1.44 bits per heavy atom. The predicted molar refractivity (Wildman–Crippen MR) is 61.2 cm³/mol. The molecule has 86 valence electrons. The largest absolute Gasteiger partial charge is 0.316 e. The molecule has 1 heterocycles. The number of halogens is 1. The van der Waals surface area contributed by atoms with Crippen molar-refractivity contribution in [1.29, 1.82) is 0 Å². The Kier molecular flexibility index (Phi) is 3.06. The molecule has 2 nitrogen and oxygen atoms in total. The number of benzene rings is 1. The summed E-state index contributed by atoms with van der Waals surface area (Å²) in [4.78, 5) is 11.9. The summed E-state index contributed by atoms with van der Waals surface area (Å²) in [5.41, 5.74) is 1.88. The van der Waals surface area contributed by atoms with E-state index in [4.69, 9.17) is 0 Å². The molecule has 0 saturated carbocycles. The van der Waals surface area contributed by atoms with E-state index in [9.17, 15) is 9.18 Å². The molecule has 1 N–H and O–H groups in total. The zero-order valence-electron chi connectivity index (χ0n) is 9.64. The second-order valence-electron chi connectivity index (χ2n) is 4.59. The summed E-state index contributed by atoms with van der Waals surface area (Å²) in [7, 11) is 0. The highest BCUT2D eigenvalue weighted by Gasteiger charge is 2.23. The minimum Gasteiger partial charge on any atom is -0.316 e. The van der Waals surface area contributed by atoms with E-state index in [1.54, 1.807) is 6.92 Å². The van der Waals surface area contributed by atoms with Crippen molar-refractivity contribution in [2.75, 3.05) is 13.1 Å². The molecule has 1 saturated heterocycles. The molecule has 1 aromatic rings. The molecule has 3 heteroatoms. The van der Waals surface area contributed by atoms with Crippen molar-refractivity contribution < 1.29 is 9.18 Å². The summed E-state index contributed by atoms with van der Waals surface area (Å²) in [6, 6.07) is 3.29. The van der Waals surface area contributed by atoms with Crippen molar-refractivity contribution in [1.82, 2.24) is 5.32 Å². The summed E-state index contributed by atoms with van der Waals surface area (Å²) in [5, 5.41) is 3.11. The molecule has 0 aromatic heterocycles. The molecule has 1 fully saturated rings. The third-order valence-electron chi connectivity index (χ3n) is 3.05.